The molecular weight excluding hydrogens is 218 g/mol. The smallest absolute Gasteiger partial charge is 0.224 e. The molecule has 0 amide bonds. The van der Waals surface area contributed by atoms with E-state index in [4.69, 9.17) is 11.6 Å². The fourth-order valence-electron chi connectivity index (χ4n) is 0.975. The number of rotatable bonds is 3. The lowest BCUT2D eigenvalue weighted by molar-refractivity contribution is 1.03. The summed E-state index contributed by atoms with van der Waals surface area (Å²) in [6, 6.07) is 0. The van der Waals surface area contributed by atoms with Gasteiger partial charge in [0.05, 0.1) is 10.6 Å². The zero-order chi connectivity index (χ0) is 10.6. The first-order valence-corrected chi connectivity index (χ1v) is 5.44. The Morgan fingerprint density at radius 3 is 2.71 bits per heavy atom. The first-order chi connectivity index (χ1) is 6.69. The Morgan fingerprint density at radius 2 is 2.14 bits per heavy atom. The summed E-state index contributed by atoms with van der Waals surface area (Å²) in [6.07, 6.45) is 1.97. The molecule has 1 heterocycles. The van der Waals surface area contributed by atoms with Crippen LogP contribution in [0.3, 0.4) is 0 Å². The predicted molar refractivity (Wildman–Crippen MR) is 62.0 cm³/mol. The van der Waals surface area contributed by atoms with E-state index in [9.17, 15) is 0 Å². The molecule has 0 bridgehead atoms. The predicted octanol–water partition coefficient (Wildman–Crippen LogP) is 3.11. The maximum atomic E-state index is 5.75. The maximum absolute atomic E-state index is 5.75. The number of hydrogen-bond acceptors (Lipinski definition) is 4. The molecule has 0 spiro atoms. The highest BCUT2D eigenvalue weighted by atomic mass is 35.5. The maximum Gasteiger partial charge on any atom is 0.224 e. The molecule has 0 aliphatic heterocycles. The lowest BCUT2D eigenvalue weighted by Crippen LogP contribution is -1.99. The van der Waals surface area contributed by atoms with Crippen LogP contribution < -0.4 is 5.32 Å². The van der Waals surface area contributed by atoms with Gasteiger partial charge in [0.15, 0.2) is 0 Å². The largest absolute Gasteiger partial charge is 0.372 e. The van der Waals surface area contributed by atoms with Crippen molar-refractivity contribution in [3.8, 4) is 0 Å². The van der Waals surface area contributed by atoms with E-state index in [1.165, 1.54) is 0 Å². The molecule has 0 aromatic carbocycles. The fourth-order valence-corrected chi connectivity index (χ4v) is 1.93. The van der Waals surface area contributed by atoms with Gasteiger partial charge in [-0.05, 0) is 30.9 Å². The minimum absolute atomic E-state index is 0.275. The van der Waals surface area contributed by atoms with Crippen molar-refractivity contribution in [2.24, 2.45) is 0 Å². The van der Waals surface area contributed by atoms with Gasteiger partial charge in [-0.25, -0.2) is 4.98 Å². The van der Waals surface area contributed by atoms with Gasteiger partial charge in [-0.15, -0.1) is 0 Å². The van der Waals surface area contributed by atoms with E-state index in [2.05, 4.69) is 15.3 Å². The first-order valence-electron chi connectivity index (χ1n) is 4.18. The number of nitrogens with zero attached hydrogens (tertiary/aromatic N) is 2. The zero-order valence-electron chi connectivity index (χ0n) is 8.34. The molecule has 14 heavy (non-hydrogen) atoms. The van der Waals surface area contributed by atoms with Crippen molar-refractivity contribution in [1.29, 1.82) is 0 Å². The third-order valence-corrected chi connectivity index (χ3v) is 2.87. The van der Waals surface area contributed by atoms with E-state index in [0.29, 0.717) is 0 Å². The van der Waals surface area contributed by atoms with E-state index in [-0.39, 0.29) is 5.28 Å². The molecule has 3 nitrogen and oxygen atoms in total. The number of aryl methyl sites for hydroxylation is 1. The third-order valence-electron chi connectivity index (χ3n) is 1.57. The Kier molecular flexibility index (Phi) is 4.22. The summed E-state index contributed by atoms with van der Waals surface area (Å²) in [5, 5.41) is 5.26. The molecule has 0 atom stereocenters. The van der Waals surface area contributed by atoms with E-state index in [1.807, 2.05) is 32.4 Å². The van der Waals surface area contributed by atoms with Crippen LogP contribution in [-0.4, -0.2) is 17.0 Å². The molecule has 0 aliphatic rings. The highest BCUT2D eigenvalue weighted by molar-refractivity contribution is 8.02. The van der Waals surface area contributed by atoms with E-state index in [0.717, 1.165) is 16.4 Å². The monoisotopic (exact) mass is 229 g/mol. The van der Waals surface area contributed by atoms with Gasteiger partial charge >= 0.3 is 0 Å². The Balaban J connectivity index is 3.11. The normalized spacial score (nSPS) is 10.9. The molecule has 76 valence electrons. The summed E-state index contributed by atoms with van der Waals surface area (Å²) in [5.74, 6) is 0.769. The molecule has 0 radical (unpaired) electrons. The number of nitrogens with one attached hydrogen (secondary N) is 1. The van der Waals surface area contributed by atoms with Gasteiger partial charge in [-0.2, -0.15) is 4.98 Å². The Bertz CT molecular complexity index is 352. The van der Waals surface area contributed by atoms with E-state index >= 15 is 0 Å². The number of halogens is 1. The van der Waals surface area contributed by atoms with Gasteiger partial charge in [0.2, 0.25) is 5.28 Å². The second-order valence-corrected chi connectivity index (χ2v) is 3.85. The quantitative estimate of drug-likeness (QED) is 0.639. The van der Waals surface area contributed by atoms with Gasteiger partial charge in [0, 0.05) is 7.05 Å². The molecule has 0 saturated heterocycles. The van der Waals surface area contributed by atoms with Crippen molar-refractivity contribution in [3.63, 3.8) is 0 Å². The van der Waals surface area contributed by atoms with E-state index in [1.54, 1.807) is 11.8 Å². The van der Waals surface area contributed by atoms with Crippen molar-refractivity contribution in [2.75, 3.05) is 12.4 Å². The van der Waals surface area contributed by atoms with Crippen molar-refractivity contribution in [1.82, 2.24) is 9.97 Å². The fraction of sp³-hybridized carbons (Fsp3) is 0.333. The van der Waals surface area contributed by atoms with Gasteiger partial charge in [0.25, 0.3) is 0 Å². The summed E-state index contributed by atoms with van der Waals surface area (Å²) in [7, 11) is 1.82. The number of anilines is 1. The molecule has 0 unspecified atom stereocenters. The van der Waals surface area contributed by atoms with Gasteiger partial charge in [-0.1, -0.05) is 17.8 Å². The van der Waals surface area contributed by atoms with Gasteiger partial charge < -0.3 is 5.32 Å². The summed E-state index contributed by atoms with van der Waals surface area (Å²) < 4.78 is 0. The van der Waals surface area contributed by atoms with Crippen LogP contribution in [0.2, 0.25) is 5.28 Å². The summed E-state index contributed by atoms with van der Waals surface area (Å²) in [5.41, 5.74) is 0.887. The average Bonchev–Trinajstić information content (AvgIpc) is 2.15. The third kappa shape index (κ3) is 2.62. The number of hydrogen-bond donors (Lipinski definition) is 1. The van der Waals surface area contributed by atoms with Crippen LogP contribution in [0.25, 0.3) is 0 Å². The lowest BCUT2D eigenvalue weighted by Gasteiger charge is -2.08. The standard InChI is InChI=1S/C9H12ClN3S/c1-4-5-14-7-6(2)12-9(10)13-8(7)11-3/h4-5H,1-3H3,(H,11,12,13)/b5-4+. The van der Waals surface area contributed by atoms with Gasteiger partial charge in [0.1, 0.15) is 5.82 Å². The minimum Gasteiger partial charge on any atom is -0.372 e. The molecule has 1 aromatic heterocycles. The van der Waals surface area contributed by atoms with Crippen LogP contribution >= 0.6 is 23.4 Å². The van der Waals surface area contributed by atoms with Crippen LogP contribution in [0.1, 0.15) is 12.6 Å². The molecular formula is C9H12ClN3S. The summed E-state index contributed by atoms with van der Waals surface area (Å²) >= 11 is 7.33. The minimum atomic E-state index is 0.275. The molecule has 1 N–H and O–H groups in total. The molecule has 0 aliphatic carbocycles. The molecule has 5 heteroatoms. The number of allylic oxidation sites excluding steroid dienone is 1. The first kappa shape index (κ1) is 11.3. The second-order valence-electron chi connectivity index (χ2n) is 2.59. The number of aromatic nitrogens is 2. The average molecular weight is 230 g/mol. The van der Waals surface area contributed by atoms with Crippen molar-refractivity contribution >= 4 is 29.2 Å². The van der Waals surface area contributed by atoms with Gasteiger partial charge in [-0.3, -0.25) is 0 Å². The van der Waals surface area contributed by atoms with Crippen LogP contribution in [-0.2, 0) is 0 Å². The molecule has 0 saturated carbocycles. The Labute approximate surface area is 93.0 Å². The van der Waals surface area contributed by atoms with Crippen LogP contribution in [0, 0.1) is 6.92 Å². The molecule has 1 rings (SSSR count). The Hall–Kier alpha value is -0.740. The molecule has 1 aromatic rings. The zero-order valence-corrected chi connectivity index (χ0v) is 9.91. The highest BCUT2D eigenvalue weighted by Crippen LogP contribution is 2.29. The van der Waals surface area contributed by atoms with Crippen LogP contribution in [0.5, 0.6) is 0 Å². The van der Waals surface area contributed by atoms with Crippen molar-refractivity contribution < 1.29 is 0 Å². The van der Waals surface area contributed by atoms with E-state index < -0.39 is 0 Å². The van der Waals surface area contributed by atoms with Crippen molar-refractivity contribution in [2.45, 2.75) is 18.7 Å². The SMILES string of the molecule is C/C=C/Sc1c(C)nc(Cl)nc1NC. The number of thioether (sulfide) groups is 1. The Morgan fingerprint density at radius 1 is 1.43 bits per heavy atom. The molecule has 0 fully saturated rings. The highest BCUT2D eigenvalue weighted by Gasteiger charge is 2.08. The second kappa shape index (κ2) is 5.22. The van der Waals surface area contributed by atoms with Crippen molar-refractivity contribution in [3.05, 3.63) is 22.5 Å². The summed E-state index contributed by atoms with van der Waals surface area (Å²) in [4.78, 5) is 9.20. The summed E-state index contributed by atoms with van der Waals surface area (Å²) in [6.45, 7) is 3.89. The van der Waals surface area contributed by atoms with Crippen LogP contribution in [0.4, 0.5) is 5.82 Å². The topological polar surface area (TPSA) is 37.8 Å². The lowest BCUT2D eigenvalue weighted by atomic mass is 10.4. The van der Waals surface area contributed by atoms with Crippen LogP contribution in [0.15, 0.2) is 16.4 Å².